The van der Waals surface area contributed by atoms with E-state index in [0.717, 1.165) is 6.54 Å². The highest BCUT2D eigenvalue weighted by atomic mass is 16.5. The standard InChI is InChI=1S/C15H19NO2/c1-11(17)18-15-10-16-8-7-13(15)14(9-16)12-5-3-2-4-6-12/h2-6,13-15H,7-10H2,1H3/p+1/t13-,14-,15-/m0/s1. The van der Waals surface area contributed by atoms with E-state index in [9.17, 15) is 4.79 Å². The van der Waals surface area contributed by atoms with E-state index < -0.39 is 0 Å². The minimum Gasteiger partial charge on any atom is -0.456 e. The fraction of sp³-hybridized carbons (Fsp3) is 0.533. The molecule has 0 radical (unpaired) electrons. The van der Waals surface area contributed by atoms with Crippen LogP contribution in [0.15, 0.2) is 30.3 Å². The first-order valence-electron chi connectivity index (χ1n) is 6.80. The third kappa shape index (κ3) is 2.15. The smallest absolute Gasteiger partial charge is 0.303 e. The van der Waals surface area contributed by atoms with Crippen LogP contribution < -0.4 is 4.90 Å². The Morgan fingerprint density at radius 1 is 1.28 bits per heavy atom. The SMILES string of the molecule is CC(=O)O[C@H]1C[NH+]2CC[C@H]1[C@H](c1ccccc1)C2. The first-order chi connectivity index (χ1) is 8.74. The summed E-state index contributed by atoms with van der Waals surface area (Å²) in [7, 11) is 0. The van der Waals surface area contributed by atoms with Crippen LogP contribution in [0.25, 0.3) is 0 Å². The van der Waals surface area contributed by atoms with Gasteiger partial charge in [0.15, 0.2) is 6.10 Å². The normalized spacial score (nSPS) is 34.3. The lowest BCUT2D eigenvalue weighted by atomic mass is 9.74. The van der Waals surface area contributed by atoms with E-state index in [-0.39, 0.29) is 12.1 Å². The summed E-state index contributed by atoms with van der Waals surface area (Å²) in [6.07, 6.45) is 1.29. The first-order valence-corrected chi connectivity index (χ1v) is 6.80. The molecule has 3 aliphatic heterocycles. The van der Waals surface area contributed by atoms with Crippen molar-refractivity contribution in [1.29, 1.82) is 0 Å². The van der Waals surface area contributed by atoms with Crippen molar-refractivity contribution in [3.05, 3.63) is 35.9 Å². The number of ether oxygens (including phenoxy) is 1. The summed E-state index contributed by atoms with van der Waals surface area (Å²) >= 11 is 0. The van der Waals surface area contributed by atoms with Crippen molar-refractivity contribution in [3.63, 3.8) is 0 Å². The Balaban J connectivity index is 1.82. The van der Waals surface area contributed by atoms with Crippen LogP contribution in [-0.4, -0.2) is 31.7 Å². The van der Waals surface area contributed by atoms with Crippen molar-refractivity contribution in [1.82, 2.24) is 0 Å². The molecule has 1 unspecified atom stereocenters. The van der Waals surface area contributed by atoms with Crippen LogP contribution in [-0.2, 0) is 9.53 Å². The summed E-state index contributed by atoms with van der Waals surface area (Å²) in [5.74, 6) is 0.918. The zero-order chi connectivity index (χ0) is 12.5. The quantitative estimate of drug-likeness (QED) is 0.776. The molecule has 1 aromatic rings. The number of hydrogen-bond donors (Lipinski definition) is 1. The predicted molar refractivity (Wildman–Crippen MR) is 68.4 cm³/mol. The number of nitrogens with one attached hydrogen (secondary N) is 1. The van der Waals surface area contributed by atoms with E-state index in [2.05, 4.69) is 30.3 Å². The van der Waals surface area contributed by atoms with Crippen molar-refractivity contribution in [2.45, 2.75) is 25.4 Å². The first kappa shape index (κ1) is 11.7. The molecule has 3 nitrogen and oxygen atoms in total. The maximum atomic E-state index is 11.2. The molecule has 4 rings (SSSR count). The summed E-state index contributed by atoms with van der Waals surface area (Å²) in [4.78, 5) is 12.8. The van der Waals surface area contributed by atoms with E-state index >= 15 is 0 Å². The van der Waals surface area contributed by atoms with Crippen LogP contribution in [0.4, 0.5) is 0 Å². The van der Waals surface area contributed by atoms with Gasteiger partial charge >= 0.3 is 5.97 Å². The minimum absolute atomic E-state index is 0.116. The summed E-state index contributed by atoms with van der Waals surface area (Å²) < 4.78 is 5.52. The number of benzene rings is 1. The van der Waals surface area contributed by atoms with Crippen molar-refractivity contribution < 1.29 is 14.4 Å². The summed E-state index contributed by atoms with van der Waals surface area (Å²) in [5, 5.41) is 0. The number of esters is 1. The van der Waals surface area contributed by atoms with Crippen LogP contribution >= 0.6 is 0 Å². The number of carbonyl (C=O) groups excluding carboxylic acids is 1. The molecule has 3 saturated heterocycles. The fourth-order valence-electron chi connectivity index (χ4n) is 3.61. The summed E-state index contributed by atoms with van der Waals surface area (Å²) in [6, 6.07) is 10.7. The number of carbonyl (C=O) groups is 1. The van der Waals surface area contributed by atoms with Crippen LogP contribution in [0.5, 0.6) is 0 Å². The molecule has 1 N–H and O–H groups in total. The van der Waals surface area contributed by atoms with E-state index in [1.807, 2.05) is 0 Å². The van der Waals surface area contributed by atoms with Gasteiger partial charge in [0, 0.05) is 25.2 Å². The molecular formula is C15H20NO2+. The Kier molecular flexibility index (Phi) is 3.08. The number of fused-ring (bicyclic) bond motifs is 3. The zero-order valence-electron chi connectivity index (χ0n) is 10.8. The molecule has 3 aliphatic rings. The second-order valence-electron chi connectivity index (χ2n) is 5.53. The Morgan fingerprint density at radius 3 is 2.72 bits per heavy atom. The maximum Gasteiger partial charge on any atom is 0.303 e. The lowest BCUT2D eigenvalue weighted by molar-refractivity contribution is -0.922. The maximum absolute atomic E-state index is 11.2. The Hall–Kier alpha value is -1.35. The highest BCUT2D eigenvalue weighted by Gasteiger charge is 2.46. The molecule has 18 heavy (non-hydrogen) atoms. The van der Waals surface area contributed by atoms with Gasteiger partial charge in [-0.05, 0) is 5.56 Å². The van der Waals surface area contributed by atoms with Gasteiger partial charge in [0.05, 0.1) is 13.1 Å². The lowest BCUT2D eigenvalue weighted by Gasteiger charge is -2.46. The minimum atomic E-state index is -0.139. The Labute approximate surface area is 108 Å². The van der Waals surface area contributed by atoms with Gasteiger partial charge in [-0.15, -0.1) is 0 Å². The molecular weight excluding hydrogens is 226 g/mol. The molecule has 0 amide bonds. The van der Waals surface area contributed by atoms with E-state index in [4.69, 9.17) is 4.74 Å². The van der Waals surface area contributed by atoms with Crippen LogP contribution in [0.3, 0.4) is 0 Å². The number of rotatable bonds is 2. The van der Waals surface area contributed by atoms with Crippen molar-refractivity contribution in [3.8, 4) is 0 Å². The Morgan fingerprint density at radius 2 is 2.06 bits per heavy atom. The highest BCUT2D eigenvalue weighted by Crippen LogP contribution is 2.34. The third-order valence-electron chi connectivity index (χ3n) is 4.37. The van der Waals surface area contributed by atoms with Gasteiger partial charge in [-0.1, -0.05) is 30.3 Å². The van der Waals surface area contributed by atoms with Gasteiger partial charge in [-0.3, -0.25) is 4.79 Å². The van der Waals surface area contributed by atoms with Crippen molar-refractivity contribution >= 4 is 5.97 Å². The second kappa shape index (κ2) is 4.73. The van der Waals surface area contributed by atoms with Gasteiger partial charge in [0.1, 0.15) is 6.54 Å². The number of piperidine rings is 3. The predicted octanol–water partition coefficient (Wildman–Crippen LogP) is 0.620. The molecule has 0 aromatic heterocycles. The largest absolute Gasteiger partial charge is 0.456 e. The molecule has 3 heteroatoms. The number of quaternary nitrogens is 1. The zero-order valence-corrected chi connectivity index (χ0v) is 10.8. The summed E-state index contributed by atoms with van der Waals surface area (Å²) in [5.41, 5.74) is 1.40. The van der Waals surface area contributed by atoms with Crippen LogP contribution in [0.2, 0.25) is 0 Å². The van der Waals surface area contributed by atoms with Gasteiger partial charge in [0.2, 0.25) is 0 Å². The molecule has 3 heterocycles. The second-order valence-corrected chi connectivity index (χ2v) is 5.53. The lowest BCUT2D eigenvalue weighted by Crippen LogP contribution is -3.17. The van der Waals surface area contributed by atoms with Crippen LogP contribution in [0, 0.1) is 5.92 Å². The monoisotopic (exact) mass is 246 g/mol. The average molecular weight is 246 g/mol. The highest BCUT2D eigenvalue weighted by molar-refractivity contribution is 5.66. The van der Waals surface area contributed by atoms with Gasteiger partial charge in [-0.25, -0.2) is 0 Å². The van der Waals surface area contributed by atoms with Gasteiger partial charge in [0.25, 0.3) is 0 Å². The van der Waals surface area contributed by atoms with E-state index in [0.29, 0.717) is 11.8 Å². The summed E-state index contributed by atoms with van der Waals surface area (Å²) in [6.45, 7) is 4.93. The van der Waals surface area contributed by atoms with E-state index in [1.165, 1.54) is 32.0 Å². The molecule has 0 spiro atoms. The average Bonchev–Trinajstić information content (AvgIpc) is 2.39. The molecule has 3 fully saturated rings. The van der Waals surface area contributed by atoms with E-state index in [1.54, 1.807) is 4.90 Å². The molecule has 4 atom stereocenters. The fourth-order valence-corrected chi connectivity index (χ4v) is 3.61. The van der Waals surface area contributed by atoms with Crippen LogP contribution in [0.1, 0.15) is 24.8 Å². The molecule has 0 saturated carbocycles. The van der Waals surface area contributed by atoms with Crippen molar-refractivity contribution in [2.24, 2.45) is 5.92 Å². The Bertz CT molecular complexity index is 431. The van der Waals surface area contributed by atoms with Gasteiger partial charge < -0.3 is 9.64 Å². The topological polar surface area (TPSA) is 30.7 Å². The molecule has 96 valence electrons. The van der Waals surface area contributed by atoms with Crippen molar-refractivity contribution in [2.75, 3.05) is 19.6 Å². The van der Waals surface area contributed by atoms with Gasteiger partial charge in [-0.2, -0.15) is 0 Å². The third-order valence-corrected chi connectivity index (χ3v) is 4.37. The molecule has 0 aliphatic carbocycles. The molecule has 1 aromatic carbocycles. The molecule has 2 bridgehead atoms. The number of hydrogen-bond acceptors (Lipinski definition) is 2.